The van der Waals surface area contributed by atoms with Gasteiger partial charge in [0.25, 0.3) is 5.91 Å². The molecule has 0 aliphatic carbocycles. The summed E-state index contributed by atoms with van der Waals surface area (Å²) in [7, 11) is 0. The van der Waals surface area contributed by atoms with Crippen molar-refractivity contribution in [3.8, 4) is 0 Å². The normalized spacial score (nSPS) is 26.1. The molecular weight excluding hydrogens is 184 g/mol. The van der Waals surface area contributed by atoms with E-state index in [0.29, 0.717) is 11.5 Å². The molecule has 5 nitrogen and oxygen atoms in total. The van der Waals surface area contributed by atoms with Crippen LogP contribution in [0.3, 0.4) is 0 Å². The Morgan fingerprint density at radius 2 is 2.07 bits per heavy atom. The van der Waals surface area contributed by atoms with Crippen molar-refractivity contribution < 1.29 is 14.0 Å². The Bertz CT molecular complexity index is 410. The molecule has 2 heterocycles. The van der Waals surface area contributed by atoms with Crippen molar-refractivity contribution in [3.63, 3.8) is 0 Å². The number of hydrogen-bond donors (Lipinski definition) is 2. The molecule has 1 aromatic heterocycles. The second-order valence-electron chi connectivity index (χ2n) is 3.44. The van der Waals surface area contributed by atoms with Crippen LogP contribution in [-0.4, -0.2) is 11.9 Å². The first kappa shape index (κ1) is 8.80. The Kier molecular flexibility index (Phi) is 1.64. The van der Waals surface area contributed by atoms with E-state index in [9.17, 15) is 9.59 Å². The average molecular weight is 194 g/mol. The summed E-state index contributed by atoms with van der Waals surface area (Å²) >= 11 is 0. The van der Waals surface area contributed by atoms with Gasteiger partial charge >= 0.3 is 6.03 Å². The molecule has 0 spiro atoms. The van der Waals surface area contributed by atoms with Crippen LogP contribution in [0.1, 0.15) is 18.4 Å². The first-order chi connectivity index (χ1) is 6.52. The highest BCUT2D eigenvalue weighted by molar-refractivity contribution is 6.06. The molecule has 0 saturated carbocycles. The fraction of sp³-hybridized carbons (Fsp3) is 0.333. The first-order valence-electron chi connectivity index (χ1n) is 4.23. The van der Waals surface area contributed by atoms with Crippen molar-refractivity contribution in [2.45, 2.75) is 19.4 Å². The average Bonchev–Trinajstić information content (AvgIpc) is 2.59. The highest BCUT2D eigenvalue weighted by atomic mass is 16.3. The SMILES string of the molecule is Cc1ccc([C@@]2(C)NC(=O)NC2=O)o1. The smallest absolute Gasteiger partial charge is 0.322 e. The van der Waals surface area contributed by atoms with E-state index in [1.165, 1.54) is 0 Å². The standard InChI is InChI=1S/C9H10N2O3/c1-5-3-4-6(14-5)9(2)7(12)10-8(13)11-9/h3-4H,1-2H3,(H2,10,11,12,13)/t9-/m1/s1. The minimum absolute atomic E-state index is 0.392. The number of amides is 3. The lowest BCUT2D eigenvalue weighted by atomic mass is 10.00. The van der Waals surface area contributed by atoms with Crippen molar-refractivity contribution in [1.82, 2.24) is 10.6 Å². The number of nitrogens with one attached hydrogen (secondary N) is 2. The zero-order valence-electron chi connectivity index (χ0n) is 7.88. The zero-order valence-corrected chi connectivity index (χ0v) is 7.88. The molecule has 2 rings (SSSR count). The Labute approximate surface area is 80.5 Å². The van der Waals surface area contributed by atoms with Crippen LogP contribution in [0.5, 0.6) is 0 Å². The molecule has 1 aliphatic rings. The summed E-state index contributed by atoms with van der Waals surface area (Å²) in [5.41, 5.74) is -1.08. The first-order valence-corrected chi connectivity index (χ1v) is 4.23. The predicted molar refractivity (Wildman–Crippen MR) is 47.5 cm³/mol. The molecule has 1 aromatic rings. The molecule has 0 radical (unpaired) electrons. The molecular formula is C9H10N2O3. The lowest BCUT2D eigenvalue weighted by Gasteiger charge is -2.16. The van der Waals surface area contributed by atoms with Gasteiger partial charge in [-0.25, -0.2) is 4.79 Å². The van der Waals surface area contributed by atoms with Crippen molar-refractivity contribution in [3.05, 3.63) is 23.7 Å². The molecule has 0 bridgehead atoms. The summed E-state index contributed by atoms with van der Waals surface area (Å²) in [6.07, 6.45) is 0. The van der Waals surface area contributed by atoms with Crippen LogP contribution in [0.25, 0.3) is 0 Å². The van der Waals surface area contributed by atoms with E-state index in [2.05, 4.69) is 10.6 Å². The van der Waals surface area contributed by atoms with E-state index in [1.807, 2.05) is 0 Å². The molecule has 0 unspecified atom stereocenters. The highest BCUT2D eigenvalue weighted by Gasteiger charge is 2.45. The van der Waals surface area contributed by atoms with Gasteiger partial charge in [0.15, 0.2) is 5.54 Å². The van der Waals surface area contributed by atoms with Crippen molar-refractivity contribution >= 4 is 11.9 Å². The van der Waals surface area contributed by atoms with E-state index in [0.717, 1.165) is 0 Å². The van der Waals surface area contributed by atoms with Gasteiger partial charge in [-0.1, -0.05) is 0 Å². The highest BCUT2D eigenvalue weighted by Crippen LogP contribution is 2.25. The number of hydrogen-bond acceptors (Lipinski definition) is 3. The predicted octanol–water partition coefficient (Wildman–Crippen LogP) is 0.643. The molecule has 1 atom stereocenters. The molecule has 14 heavy (non-hydrogen) atoms. The number of aryl methyl sites for hydroxylation is 1. The number of furan rings is 1. The van der Waals surface area contributed by atoms with Gasteiger partial charge in [0.1, 0.15) is 11.5 Å². The molecule has 5 heteroatoms. The molecule has 0 aromatic carbocycles. The van der Waals surface area contributed by atoms with Crippen LogP contribution in [0.4, 0.5) is 4.79 Å². The van der Waals surface area contributed by atoms with Crippen LogP contribution in [-0.2, 0) is 10.3 Å². The zero-order chi connectivity index (χ0) is 10.3. The van der Waals surface area contributed by atoms with Crippen LogP contribution in [0, 0.1) is 6.92 Å². The van der Waals surface area contributed by atoms with E-state index in [-0.39, 0.29) is 0 Å². The molecule has 2 N–H and O–H groups in total. The maximum atomic E-state index is 11.5. The Morgan fingerprint density at radius 3 is 2.50 bits per heavy atom. The van der Waals surface area contributed by atoms with Crippen molar-refractivity contribution in [2.75, 3.05) is 0 Å². The topological polar surface area (TPSA) is 71.3 Å². The van der Waals surface area contributed by atoms with E-state index in [4.69, 9.17) is 4.42 Å². The largest absolute Gasteiger partial charge is 0.463 e. The lowest BCUT2D eigenvalue weighted by Crippen LogP contribution is -2.40. The lowest BCUT2D eigenvalue weighted by molar-refractivity contribution is -0.124. The van der Waals surface area contributed by atoms with Crippen LogP contribution < -0.4 is 10.6 Å². The van der Waals surface area contributed by atoms with Crippen LogP contribution in [0.15, 0.2) is 16.5 Å². The van der Waals surface area contributed by atoms with Gasteiger partial charge in [0, 0.05) is 0 Å². The maximum absolute atomic E-state index is 11.5. The van der Waals surface area contributed by atoms with Gasteiger partial charge in [-0.2, -0.15) is 0 Å². The quantitative estimate of drug-likeness (QED) is 0.644. The summed E-state index contributed by atoms with van der Waals surface area (Å²) in [6.45, 7) is 3.38. The van der Waals surface area contributed by atoms with Gasteiger partial charge in [-0.3, -0.25) is 10.1 Å². The number of rotatable bonds is 1. The van der Waals surface area contributed by atoms with Gasteiger partial charge in [-0.05, 0) is 26.0 Å². The molecule has 3 amide bonds. The van der Waals surface area contributed by atoms with Gasteiger partial charge in [0.2, 0.25) is 0 Å². The molecule has 1 saturated heterocycles. The number of carbonyl (C=O) groups is 2. The number of imide groups is 1. The Balaban J connectivity index is 2.42. The molecule has 1 aliphatic heterocycles. The Hall–Kier alpha value is -1.78. The monoisotopic (exact) mass is 194 g/mol. The number of urea groups is 1. The second kappa shape index (κ2) is 2.60. The summed E-state index contributed by atoms with van der Waals surface area (Å²) in [4.78, 5) is 22.4. The third kappa shape index (κ3) is 1.09. The summed E-state index contributed by atoms with van der Waals surface area (Å²) in [6, 6.07) is 2.94. The summed E-state index contributed by atoms with van der Waals surface area (Å²) < 4.78 is 5.31. The third-order valence-corrected chi connectivity index (χ3v) is 2.28. The molecule has 1 fully saturated rings. The van der Waals surface area contributed by atoms with E-state index >= 15 is 0 Å². The van der Waals surface area contributed by atoms with Gasteiger partial charge in [0.05, 0.1) is 0 Å². The Morgan fingerprint density at radius 1 is 1.36 bits per heavy atom. The second-order valence-corrected chi connectivity index (χ2v) is 3.44. The minimum Gasteiger partial charge on any atom is -0.463 e. The number of carbonyl (C=O) groups excluding carboxylic acids is 2. The fourth-order valence-corrected chi connectivity index (χ4v) is 1.42. The van der Waals surface area contributed by atoms with Crippen molar-refractivity contribution in [2.24, 2.45) is 0 Å². The maximum Gasteiger partial charge on any atom is 0.322 e. The van der Waals surface area contributed by atoms with Gasteiger partial charge in [-0.15, -0.1) is 0 Å². The van der Waals surface area contributed by atoms with E-state index < -0.39 is 17.5 Å². The summed E-state index contributed by atoms with van der Waals surface area (Å²) in [5, 5.41) is 4.68. The minimum atomic E-state index is -1.08. The van der Waals surface area contributed by atoms with Crippen molar-refractivity contribution in [1.29, 1.82) is 0 Å². The summed E-state index contributed by atoms with van der Waals surface area (Å²) in [5.74, 6) is 0.755. The van der Waals surface area contributed by atoms with Crippen LogP contribution in [0.2, 0.25) is 0 Å². The van der Waals surface area contributed by atoms with Gasteiger partial charge < -0.3 is 9.73 Å². The van der Waals surface area contributed by atoms with Crippen LogP contribution >= 0.6 is 0 Å². The fourth-order valence-electron chi connectivity index (χ4n) is 1.42. The third-order valence-electron chi connectivity index (χ3n) is 2.28. The van der Waals surface area contributed by atoms with E-state index in [1.54, 1.807) is 26.0 Å². The molecule has 74 valence electrons.